The first-order chi connectivity index (χ1) is 12.3. The van der Waals surface area contributed by atoms with Crippen molar-refractivity contribution in [3.8, 4) is 0 Å². The lowest BCUT2D eigenvalue weighted by molar-refractivity contribution is -0.134. The van der Waals surface area contributed by atoms with Gasteiger partial charge in [-0.15, -0.1) is 0 Å². The van der Waals surface area contributed by atoms with Crippen LogP contribution in [0.5, 0.6) is 0 Å². The van der Waals surface area contributed by atoms with Gasteiger partial charge in [-0.05, 0) is 42.8 Å². The van der Waals surface area contributed by atoms with Crippen LogP contribution in [0.15, 0.2) is 47.4 Å². The summed E-state index contributed by atoms with van der Waals surface area (Å²) < 4.78 is 51.5. The van der Waals surface area contributed by atoms with E-state index >= 15 is 0 Å². The lowest BCUT2D eigenvalue weighted by Crippen LogP contribution is -2.56. The van der Waals surface area contributed by atoms with Crippen molar-refractivity contribution in [1.82, 2.24) is 4.90 Å². The highest BCUT2D eigenvalue weighted by Crippen LogP contribution is 2.26. The predicted octanol–water partition coefficient (Wildman–Crippen LogP) is 3.24. The standard InChI is InChI=1S/C18H16ClF2NO3S/c19-16-2-1-3-17(21)15(16)8-9-18(23)22-10-14(11-22)26(24,25)13-6-4-12(20)5-7-13/h1-7,14H,8-11H2. The lowest BCUT2D eigenvalue weighted by atomic mass is 10.1. The number of amides is 1. The first kappa shape index (κ1) is 18.8. The fraction of sp³-hybridized carbons (Fsp3) is 0.278. The molecule has 0 saturated carbocycles. The highest BCUT2D eigenvalue weighted by atomic mass is 35.5. The Morgan fingerprint density at radius 1 is 1.12 bits per heavy atom. The molecule has 138 valence electrons. The SMILES string of the molecule is O=C(CCc1c(F)cccc1Cl)N1CC(S(=O)(=O)c2ccc(F)cc2)C1. The monoisotopic (exact) mass is 399 g/mol. The minimum absolute atomic E-state index is 0.0362. The average Bonchev–Trinajstić information content (AvgIpc) is 2.53. The van der Waals surface area contributed by atoms with Crippen LogP contribution in [0.1, 0.15) is 12.0 Å². The molecule has 0 atom stereocenters. The Kier molecular flexibility index (Phi) is 5.29. The molecule has 0 radical (unpaired) electrons. The minimum Gasteiger partial charge on any atom is -0.340 e. The van der Waals surface area contributed by atoms with Gasteiger partial charge in [0, 0.05) is 30.1 Å². The summed E-state index contributed by atoms with van der Waals surface area (Å²) in [4.78, 5) is 13.6. The molecule has 0 N–H and O–H groups in total. The number of hydrogen-bond acceptors (Lipinski definition) is 3. The molecular formula is C18H16ClF2NO3S. The van der Waals surface area contributed by atoms with Crippen molar-refractivity contribution in [3.05, 3.63) is 64.7 Å². The third-order valence-corrected chi connectivity index (χ3v) is 6.89. The molecule has 0 aliphatic carbocycles. The van der Waals surface area contributed by atoms with Crippen LogP contribution in [0.2, 0.25) is 5.02 Å². The summed E-state index contributed by atoms with van der Waals surface area (Å²) >= 11 is 5.93. The number of nitrogens with zero attached hydrogens (tertiary/aromatic N) is 1. The lowest BCUT2D eigenvalue weighted by Gasteiger charge is -2.38. The van der Waals surface area contributed by atoms with E-state index in [4.69, 9.17) is 11.6 Å². The van der Waals surface area contributed by atoms with E-state index in [1.807, 2.05) is 0 Å². The van der Waals surface area contributed by atoms with E-state index in [1.165, 1.54) is 29.2 Å². The predicted molar refractivity (Wildman–Crippen MR) is 93.7 cm³/mol. The highest BCUT2D eigenvalue weighted by Gasteiger charge is 2.40. The fourth-order valence-electron chi connectivity index (χ4n) is 2.82. The summed E-state index contributed by atoms with van der Waals surface area (Å²) in [6.45, 7) is 0.146. The molecule has 0 unspecified atom stereocenters. The van der Waals surface area contributed by atoms with Gasteiger partial charge in [0.1, 0.15) is 16.9 Å². The molecule has 1 aliphatic heterocycles. The Bertz CT molecular complexity index is 906. The summed E-state index contributed by atoms with van der Waals surface area (Å²) in [6, 6.07) is 8.94. The number of likely N-dealkylation sites (tertiary alicyclic amines) is 1. The third kappa shape index (κ3) is 3.73. The van der Waals surface area contributed by atoms with Gasteiger partial charge in [-0.2, -0.15) is 0 Å². The number of sulfone groups is 1. The van der Waals surface area contributed by atoms with Gasteiger partial charge < -0.3 is 4.90 Å². The number of carbonyl (C=O) groups excluding carboxylic acids is 1. The molecule has 0 bridgehead atoms. The van der Waals surface area contributed by atoms with Crippen LogP contribution in [0.25, 0.3) is 0 Å². The minimum atomic E-state index is -3.61. The fourth-order valence-corrected chi connectivity index (χ4v) is 4.73. The van der Waals surface area contributed by atoms with Crippen molar-refractivity contribution in [1.29, 1.82) is 0 Å². The van der Waals surface area contributed by atoms with E-state index in [0.29, 0.717) is 0 Å². The molecule has 0 spiro atoms. The van der Waals surface area contributed by atoms with E-state index in [9.17, 15) is 22.0 Å². The second-order valence-corrected chi connectivity index (χ2v) is 8.76. The van der Waals surface area contributed by atoms with Crippen LogP contribution >= 0.6 is 11.6 Å². The molecule has 1 aliphatic rings. The molecule has 1 fully saturated rings. The van der Waals surface area contributed by atoms with Crippen molar-refractivity contribution in [2.24, 2.45) is 0 Å². The van der Waals surface area contributed by atoms with Crippen LogP contribution in [-0.2, 0) is 21.1 Å². The molecule has 2 aromatic rings. The zero-order valence-corrected chi connectivity index (χ0v) is 15.2. The summed E-state index contributed by atoms with van der Waals surface area (Å²) in [5.74, 6) is -1.23. The van der Waals surface area contributed by atoms with Gasteiger partial charge in [0.05, 0.1) is 4.90 Å². The molecule has 2 aromatic carbocycles. The normalized spacial score (nSPS) is 15.0. The summed E-state index contributed by atoms with van der Waals surface area (Å²) in [6.07, 6.45) is 0.195. The van der Waals surface area contributed by atoms with Gasteiger partial charge in [-0.1, -0.05) is 17.7 Å². The van der Waals surface area contributed by atoms with Crippen molar-refractivity contribution >= 4 is 27.3 Å². The van der Waals surface area contributed by atoms with Gasteiger partial charge in [-0.3, -0.25) is 4.79 Å². The Morgan fingerprint density at radius 2 is 1.77 bits per heavy atom. The number of benzene rings is 2. The van der Waals surface area contributed by atoms with Crippen molar-refractivity contribution in [3.63, 3.8) is 0 Å². The van der Waals surface area contributed by atoms with Crippen molar-refractivity contribution in [2.75, 3.05) is 13.1 Å². The Morgan fingerprint density at radius 3 is 2.38 bits per heavy atom. The van der Waals surface area contributed by atoms with Crippen LogP contribution in [-0.4, -0.2) is 37.6 Å². The first-order valence-electron chi connectivity index (χ1n) is 7.99. The average molecular weight is 400 g/mol. The van der Waals surface area contributed by atoms with E-state index in [0.717, 1.165) is 12.1 Å². The quantitative estimate of drug-likeness (QED) is 0.725. The zero-order chi connectivity index (χ0) is 18.9. The highest BCUT2D eigenvalue weighted by molar-refractivity contribution is 7.92. The summed E-state index contributed by atoms with van der Waals surface area (Å²) in [5.41, 5.74) is 0.276. The second kappa shape index (κ2) is 7.32. The molecule has 1 amide bonds. The van der Waals surface area contributed by atoms with Gasteiger partial charge in [0.2, 0.25) is 5.91 Å². The smallest absolute Gasteiger partial charge is 0.222 e. The van der Waals surface area contributed by atoms with E-state index in [2.05, 4.69) is 0 Å². The van der Waals surface area contributed by atoms with Gasteiger partial charge >= 0.3 is 0 Å². The number of carbonyl (C=O) groups is 1. The molecule has 4 nitrogen and oxygen atoms in total. The molecule has 3 rings (SSSR count). The molecular weight excluding hydrogens is 384 g/mol. The Balaban J connectivity index is 1.57. The van der Waals surface area contributed by atoms with Crippen LogP contribution in [0, 0.1) is 11.6 Å². The molecule has 1 heterocycles. The van der Waals surface area contributed by atoms with Gasteiger partial charge in [0.25, 0.3) is 0 Å². The zero-order valence-electron chi connectivity index (χ0n) is 13.7. The third-order valence-electron chi connectivity index (χ3n) is 4.43. The molecule has 1 saturated heterocycles. The topological polar surface area (TPSA) is 54.5 Å². The first-order valence-corrected chi connectivity index (χ1v) is 9.91. The van der Waals surface area contributed by atoms with Crippen LogP contribution < -0.4 is 0 Å². The summed E-state index contributed by atoms with van der Waals surface area (Å²) in [5, 5.41) is -0.452. The molecule has 8 heteroatoms. The maximum absolute atomic E-state index is 13.7. The Hall–Kier alpha value is -1.99. The molecule has 0 aromatic heterocycles. The molecule has 26 heavy (non-hydrogen) atoms. The number of hydrogen-bond donors (Lipinski definition) is 0. The van der Waals surface area contributed by atoms with E-state index in [-0.39, 0.29) is 47.3 Å². The largest absolute Gasteiger partial charge is 0.340 e. The van der Waals surface area contributed by atoms with E-state index < -0.39 is 26.7 Å². The van der Waals surface area contributed by atoms with Crippen molar-refractivity contribution < 1.29 is 22.0 Å². The number of rotatable bonds is 5. The maximum atomic E-state index is 13.7. The maximum Gasteiger partial charge on any atom is 0.222 e. The van der Waals surface area contributed by atoms with Gasteiger partial charge in [-0.25, -0.2) is 17.2 Å². The number of halogens is 3. The second-order valence-electron chi connectivity index (χ2n) is 6.12. The summed E-state index contributed by atoms with van der Waals surface area (Å²) in [7, 11) is -3.61. The van der Waals surface area contributed by atoms with Crippen molar-refractivity contribution in [2.45, 2.75) is 23.0 Å². The van der Waals surface area contributed by atoms with Crippen LogP contribution in [0.4, 0.5) is 8.78 Å². The Labute approximate surface area is 155 Å². The van der Waals surface area contributed by atoms with Gasteiger partial charge in [0.15, 0.2) is 9.84 Å². The van der Waals surface area contributed by atoms with Crippen LogP contribution in [0.3, 0.4) is 0 Å². The van der Waals surface area contributed by atoms with E-state index in [1.54, 1.807) is 6.07 Å².